The number of carboxylic acid groups (broad SMARTS) is 2. The lowest BCUT2D eigenvalue weighted by molar-refractivity contribution is -0.134. The highest BCUT2D eigenvalue weighted by Crippen LogP contribution is 2.17. The summed E-state index contributed by atoms with van der Waals surface area (Å²) in [5.74, 6) is -1.77. The minimum atomic E-state index is -1.26. The molecule has 1 heterocycles. The van der Waals surface area contributed by atoms with Crippen molar-refractivity contribution >= 4 is 23.5 Å². The van der Waals surface area contributed by atoms with Gasteiger partial charge in [-0.05, 0) is 43.7 Å². The molecule has 1 aromatic rings. The maximum atomic E-state index is 9.98. The van der Waals surface area contributed by atoms with Gasteiger partial charge in [-0.2, -0.15) is 0 Å². The fourth-order valence-electron chi connectivity index (χ4n) is 2.18. The predicted octanol–water partition coefficient (Wildman–Crippen LogP) is 1.93. The molecule has 1 aromatic carbocycles. The van der Waals surface area contributed by atoms with Crippen LogP contribution in [0.4, 0.5) is 0 Å². The van der Waals surface area contributed by atoms with E-state index in [0.717, 1.165) is 18.7 Å². The molecule has 0 bridgehead atoms. The van der Waals surface area contributed by atoms with Crippen molar-refractivity contribution in [3.05, 3.63) is 41.4 Å². The fourth-order valence-corrected chi connectivity index (χ4v) is 2.30. The summed E-state index contributed by atoms with van der Waals surface area (Å²) < 4.78 is 5.53. The Morgan fingerprint density at radius 2 is 1.80 bits per heavy atom. The Hall–Kier alpha value is -2.09. The summed E-state index contributed by atoms with van der Waals surface area (Å²) in [6, 6.07) is 7.34. The Morgan fingerprint density at radius 3 is 2.28 bits per heavy atom. The Kier molecular flexibility index (Phi) is 9.61. The average molecular weight is 372 g/mol. The third-order valence-corrected chi connectivity index (χ3v) is 3.67. The molecule has 0 amide bonds. The highest BCUT2D eigenvalue weighted by molar-refractivity contribution is 6.30. The van der Waals surface area contributed by atoms with Crippen LogP contribution in [0.1, 0.15) is 19.3 Å². The molecule has 0 aromatic heterocycles. The number of aliphatic hydroxyl groups excluding tert-OH is 1. The number of carboxylic acids is 2. The van der Waals surface area contributed by atoms with Gasteiger partial charge in [0, 0.05) is 23.2 Å². The van der Waals surface area contributed by atoms with E-state index in [1.165, 1.54) is 12.8 Å². The van der Waals surface area contributed by atoms with E-state index < -0.39 is 18.0 Å². The fraction of sp³-hybridized carbons (Fsp3) is 0.412. The van der Waals surface area contributed by atoms with Gasteiger partial charge in [0.2, 0.25) is 0 Å². The van der Waals surface area contributed by atoms with Crippen LogP contribution in [0.25, 0.3) is 0 Å². The lowest BCUT2D eigenvalue weighted by atomic mass is 10.0. The zero-order valence-corrected chi connectivity index (χ0v) is 14.4. The van der Waals surface area contributed by atoms with E-state index in [0.29, 0.717) is 23.8 Å². The van der Waals surface area contributed by atoms with Gasteiger partial charge in [0.25, 0.3) is 0 Å². The van der Waals surface area contributed by atoms with E-state index in [-0.39, 0.29) is 6.04 Å². The highest BCUT2D eigenvalue weighted by Gasteiger charge is 2.21. The maximum Gasteiger partial charge on any atom is 0.328 e. The van der Waals surface area contributed by atoms with Gasteiger partial charge in [-0.25, -0.2) is 9.59 Å². The third kappa shape index (κ3) is 9.71. The molecule has 8 heteroatoms. The number of rotatable bonds is 6. The van der Waals surface area contributed by atoms with E-state index in [4.69, 9.17) is 26.6 Å². The van der Waals surface area contributed by atoms with Crippen molar-refractivity contribution in [3.63, 3.8) is 0 Å². The molecule has 0 saturated carbocycles. The zero-order chi connectivity index (χ0) is 18.7. The van der Waals surface area contributed by atoms with Gasteiger partial charge in [0.05, 0.1) is 0 Å². The third-order valence-electron chi connectivity index (χ3n) is 3.42. The second kappa shape index (κ2) is 11.5. The summed E-state index contributed by atoms with van der Waals surface area (Å²) in [5.41, 5.74) is 0. The van der Waals surface area contributed by atoms with Crippen LogP contribution in [0.2, 0.25) is 5.02 Å². The molecule has 138 valence electrons. The molecule has 0 spiro atoms. The van der Waals surface area contributed by atoms with E-state index in [9.17, 15) is 14.7 Å². The number of halogens is 1. The minimum Gasteiger partial charge on any atom is -0.491 e. The first-order chi connectivity index (χ1) is 11.9. The first kappa shape index (κ1) is 21.0. The van der Waals surface area contributed by atoms with E-state index >= 15 is 0 Å². The molecule has 7 nitrogen and oxygen atoms in total. The van der Waals surface area contributed by atoms with Crippen molar-refractivity contribution in [3.8, 4) is 5.75 Å². The minimum absolute atomic E-state index is 0.163. The summed E-state index contributed by atoms with van der Waals surface area (Å²) >= 11 is 5.78. The standard InChI is InChI=1S/C13H18ClNO2.C4H4O4/c14-10-4-6-11(7-5-10)17-9-13(16)12-3-1-2-8-15-12;5-3(6)1-2-4(7)8/h4-7,12-13,15-16H,1-3,8-9H2;1-2H,(H,5,6)(H,7,8)/b;2-1+. The van der Waals surface area contributed by atoms with E-state index in [1.807, 2.05) is 12.1 Å². The number of nitrogens with one attached hydrogen (secondary N) is 1. The van der Waals surface area contributed by atoms with Gasteiger partial charge in [0.15, 0.2) is 0 Å². The molecule has 25 heavy (non-hydrogen) atoms. The van der Waals surface area contributed by atoms with Gasteiger partial charge >= 0.3 is 11.9 Å². The van der Waals surface area contributed by atoms with Gasteiger partial charge < -0.3 is 25.4 Å². The molecule has 0 radical (unpaired) electrons. The van der Waals surface area contributed by atoms with Crippen LogP contribution in [-0.4, -0.2) is 52.6 Å². The molecule has 1 fully saturated rings. The van der Waals surface area contributed by atoms with Crippen molar-refractivity contribution in [2.24, 2.45) is 0 Å². The van der Waals surface area contributed by atoms with E-state index in [1.54, 1.807) is 12.1 Å². The first-order valence-corrected chi connectivity index (χ1v) is 8.20. The number of benzene rings is 1. The lowest BCUT2D eigenvalue weighted by Crippen LogP contribution is -2.45. The van der Waals surface area contributed by atoms with Gasteiger partial charge in [-0.15, -0.1) is 0 Å². The number of ether oxygens (including phenoxy) is 1. The van der Waals surface area contributed by atoms with Crippen molar-refractivity contribution in [1.29, 1.82) is 0 Å². The van der Waals surface area contributed by atoms with Gasteiger partial charge in [-0.1, -0.05) is 18.0 Å². The molecule has 4 N–H and O–H groups in total. The normalized spacial score (nSPS) is 18.1. The van der Waals surface area contributed by atoms with Crippen molar-refractivity contribution in [2.45, 2.75) is 31.4 Å². The van der Waals surface area contributed by atoms with Crippen molar-refractivity contribution in [1.82, 2.24) is 5.32 Å². The molecule has 1 aliphatic rings. The monoisotopic (exact) mass is 371 g/mol. The van der Waals surface area contributed by atoms with Crippen LogP contribution in [0.5, 0.6) is 5.75 Å². The van der Waals surface area contributed by atoms with Crippen LogP contribution in [0.15, 0.2) is 36.4 Å². The molecule has 0 aliphatic carbocycles. The van der Waals surface area contributed by atoms with Crippen LogP contribution >= 0.6 is 11.6 Å². The predicted molar refractivity (Wildman–Crippen MR) is 93.0 cm³/mol. The second-order valence-electron chi connectivity index (χ2n) is 5.40. The van der Waals surface area contributed by atoms with Crippen LogP contribution in [0, 0.1) is 0 Å². The molecule has 2 unspecified atom stereocenters. The highest BCUT2D eigenvalue weighted by atomic mass is 35.5. The Bertz CT molecular complexity index is 553. The molecule has 1 saturated heterocycles. The molecule has 2 rings (SSSR count). The van der Waals surface area contributed by atoms with Crippen molar-refractivity contribution in [2.75, 3.05) is 13.2 Å². The quantitative estimate of drug-likeness (QED) is 0.564. The Labute approximate surface area is 150 Å². The SMILES string of the molecule is O=C(O)/C=C/C(=O)O.OC(COc1ccc(Cl)cc1)C1CCCCN1. The summed E-state index contributed by atoms with van der Waals surface area (Å²) in [7, 11) is 0. The largest absolute Gasteiger partial charge is 0.491 e. The van der Waals surface area contributed by atoms with Crippen LogP contribution in [-0.2, 0) is 9.59 Å². The number of piperidine rings is 1. The summed E-state index contributed by atoms with van der Waals surface area (Å²) in [5, 5.41) is 29.6. The summed E-state index contributed by atoms with van der Waals surface area (Å²) in [6.45, 7) is 1.31. The molecule has 1 aliphatic heterocycles. The van der Waals surface area contributed by atoms with E-state index in [2.05, 4.69) is 5.32 Å². The number of hydrogen-bond donors (Lipinski definition) is 4. The average Bonchev–Trinajstić information content (AvgIpc) is 2.60. The lowest BCUT2D eigenvalue weighted by Gasteiger charge is -2.27. The topological polar surface area (TPSA) is 116 Å². The first-order valence-electron chi connectivity index (χ1n) is 7.82. The van der Waals surface area contributed by atoms with Gasteiger partial charge in [-0.3, -0.25) is 0 Å². The summed E-state index contributed by atoms with van der Waals surface area (Å²) in [6.07, 6.45) is 4.05. The van der Waals surface area contributed by atoms with Crippen LogP contribution in [0.3, 0.4) is 0 Å². The second-order valence-corrected chi connectivity index (χ2v) is 5.83. The number of carbonyl (C=O) groups is 2. The number of aliphatic carboxylic acids is 2. The molecular formula is C17H22ClNO6. The number of hydrogen-bond acceptors (Lipinski definition) is 5. The van der Waals surface area contributed by atoms with Crippen LogP contribution < -0.4 is 10.1 Å². The summed E-state index contributed by atoms with van der Waals surface area (Å²) in [4.78, 5) is 19.1. The molecular weight excluding hydrogens is 350 g/mol. The Balaban J connectivity index is 0.000000333. The number of aliphatic hydroxyl groups is 1. The smallest absolute Gasteiger partial charge is 0.328 e. The maximum absolute atomic E-state index is 9.98. The Morgan fingerprint density at radius 1 is 1.20 bits per heavy atom. The van der Waals surface area contributed by atoms with Gasteiger partial charge in [0.1, 0.15) is 18.5 Å². The zero-order valence-electron chi connectivity index (χ0n) is 13.6. The molecule has 2 atom stereocenters. The van der Waals surface area contributed by atoms with Crippen molar-refractivity contribution < 1.29 is 29.6 Å².